The van der Waals surface area contributed by atoms with Gasteiger partial charge in [0.05, 0.1) is 29.5 Å². The summed E-state index contributed by atoms with van der Waals surface area (Å²) in [6, 6.07) is 8.24. The van der Waals surface area contributed by atoms with Gasteiger partial charge < -0.3 is 20.9 Å². The lowest BCUT2D eigenvalue weighted by atomic mass is 9.87. The summed E-state index contributed by atoms with van der Waals surface area (Å²) in [6.07, 6.45) is 8.26. The molecule has 2 fully saturated rings. The molecule has 0 spiro atoms. The van der Waals surface area contributed by atoms with Crippen LogP contribution in [0.1, 0.15) is 76.6 Å². The normalized spacial score (nSPS) is 23.6. The zero-order valence-electron chi connectivity index (χ0n) is 23.8. The van der Waals surface area contributed by atoms with Crippen molar-refractivity contribution in [2.24, 2.45) is 5.92 Å². The molecule has 5 rings (SSSR count). The quantitative estimate of drug-likeness (QED) is 0.478. The Balaban J connectivity index is 1.36. The molecular weight excluding hydrogens is 490 g/mol. The lowest BCUT2D eigenvalue weighted by molar-refractivity contribution is -0.146. The fourth-order valence-corrected chi connectivity index (χ4v) is 6.07. The van der Waals surface area contributed by atoms with Crippen LogP contribution in [0.2, 0.25) is 0 Å². The van der Waals surface area contributed by atoms with Gasteiger partial charge in [-0.05, 0) is 88.2 Å². The maximum Gasteiger partial charge on any atom is 0.313 e. The molecule has 2 amide bonds. The van der Waals surface area contributed by atoms with Crippen LogP contribution in [0.5, 0.6) is 0 Å². The molecule has 3 atom stereocenters. The van der Waals surface area contributed by atoms with E-state index in [0.717, 1.165) is 54.3 Å². The van der Waals surface area contributed by atoms with E-state index in [2.05, 4.69) is 66.0 Å². The van der Waals surface area contributed by atoms with Crippen LogP contribution < -0.4 is 11.1 Å². The molecule has 2 saturated heterocycles. The first kappa shape index (κ1) is 27.1. The lowest BCUT2D eigenvalue weighted by Gasteiger charge is -2.43. The van der Waals surface area contributed by atoms with Gasteiger partial charge in [-0.2, -0.15) is 5.10 Å². The van der Waals surface area contributed by atoms with Gasteiger partial charge >= 0.3 is 11.8 Å². The van der Waals surface area contributed by atoms with Crippen molar-refractivity contribution in [2.75, 3.05) is 31.2 Å². The van der Waals surface area contributed by atoms with Gasteiger partial charge in [0.1, 0.15) is 5.82 Å². The molecular formula is C30H41N7O2. The van der Waals surface area contributed by atoms with Crippen molar-refractivity contribution in [3.8, 4) is 0 Å². The summed E-state index contributed by atoms with van der Waals surface area (Å²) in [5.41, 5.74) is 9.34. The molecule has 9 nitrogen and oxygen atoms in total. The van der Waals surface area contributed by atoms with Crippen LogP contribution >= 0.6 is 0 Å². The van der Waals surface area contributed by atoms with Crippen LogP contribution in [0.3, 0.4) is 0 Å². The summed E-state index contributed by atoms with van der Waals surface area (Å²) in [6.45, 7) is 10.3. The van der Waals surface area contributed by atoms with Crippen LogP contribution in [0.4, 0.5) is 11.5 Å². The van der Waals surface area contributed by atoms with Gasteiger partial charge in [-0.3, -0.25) is 14.3 Å². The number of hydrogen-bond acceptors (Lipinski definition) is 6. The molecule has 3 aromatic rings. The minimum atomic E-state index is -0.651. The third kappa shape index (κ3) is 5.50. The Kier molecular flexibility index (Phi) is 7.37. The summed E-state index contributed by atoms with van der Waals surface area (Å²) < 4.78 is 2.13. The number of benzene rings is 1. The maximum absolute atomic E-state index is 13.5. The lowest BCUT2D eigenvalue weighted by Crippen LogP contribution is -2.47. The van der Waals surface area contributed by atoms with Crippen molar-refractivity contribution in [2.45, 2.75) is 77.4 Å². The number of amides is 2. The second-order valence-electron chi connectivity index (χ2n) is 12.0. The predicted octanol–water partition coefficient (Wildman–Crippen LogP) is 4.56. The first-order chi connectivity index (χ1) is 18.6. The Morgan fingerprint density at radius 1 is 1.18 bits per heavy atom. The number of fused-ring (bicyclic) bond motifs is 1. The Labute approximate surface area is 230 Å². The van der Waals surface area contributed by atoms with Crippen LogP contribution in [-0.4, -0.2) is 62.1 Å². The molecule has 0 aliphatic carbocycles. The van der Waals surface area contributed by atoms with E-state index in [-0.39, 0.29) is 11.6 Å². The molecule has 0 bridgehead atoms. The Hall–Kier alpha value is -3.46. The monoisotopic (exact) mass is 531 g/mol. The first-order valence-electron chi connectivity index (χ1n) is 14.1. The van der Waals surface area contributed by atoms with E-state index in [1.165, 1.54) is 6.20 Å². The summed E-state index contributed by atoms with van der Waals surface area (Å²) >= 11 is 0. The molecule has 1 aromatic carbocycles. The fraction of sp³-hybridized carbons (Fsp3) is 0.533. The van der Waals surface area contributed by atoms with E-state index in [0.29, 0.717) is 36.4 Å². The number of aryl methyl sites for hydroxylation is 1. The fourth-order valence-electron chi connectivity index (χ4n) is 6.07. The van der Waals surface area contributed by atoms with E-state index < -0.39 is 11.8 Å². The SMILES string of the molecule is CCc1cc(NC(=O)C(=O)N2C[C@@H](C)CC[C@@H]2c2ccc3nn([C@@H]4CCN(C)C(C)(C)C4)cc3c2)cnc1N. The highest BCUT2D eigenvalue weighted by Gasteiger charge is 2.35. The van der Waals surface area contributed by atoms with Crippen LogP contribution in [0, 0.1) is 5.92 Å². The van der Waals surface area contributed by atoms with E-state index in [1.54, 1.807) is 11.0 Å². The minimum Gasteiger partial charge on any atom is -0.383 e. The highest BCUT2D eigenvalue weighted by atomic mass is 16.2. The Morgan fingerprint density at radius 3 is 2.72 bits per heavy atom. The standard InChI is InChI=1S/C30H41N7O2/c1-6-20-14-23(16-32-27(20)31)33-28(38)29(39)36-17-19(2)7-10-26(36)21-8-9-25-22(13-21)18-37(34-25)24-11-12-35(5)30(3,4)15-24/h8-9,13-14,16,18-19,24,26H,6-7,10-12,15,17H2,1-5H3,(H2,31,32)(H,33,38)/t19-,24+,26+/m0/s1. The van der Waals surface area contributed by atoms with Crippen molar-refractivity contribution in [3.63, 3.8) is 0 Å². The number of hydrogen-bond donors (Lipinski definition) is 2. The summed E-state index contributed by atoms with van der Waals surface area (Å²) in [5.74, 6) is -0.417. The minimum absolute atomic E-state index is 0.132. The van der Waals surface area contributed by atoms with Crippen LogP contribution in [0.15, 0.2) is 36.7 Å². The number of nitrogens with one attached hydrogen (secondary N) is 1. The predicted molar refractivity (Wildman–Crippen MR) is 154 cm³/mol. The number of nitrogens with zero attached hydrogens (tertiary/aromatic N) is 5. The average Bonchev–Trinajstić information content (AvgIpc) is 3.34. The maximum atomic E-state index is 13.5. The number of pyridine rings is 1. The van der Waals surface area contributed by atoms with Gasteiger partial charge in [-0.1, -0.05) is 19.9 Å². The number of aromatic nitrogens is 3. The largest absolute Gasteiger partial charge is 0.383 e. The van der Waals surface area contributed by atoms with Gasteiger partial charge in [0, 0.05) is 30.2 Å². The molecule has 39 heavy (non-hydrogen) atoms. The zero-order chi connectivity index (χ0) is 27.9. The van der Waals surface area contributed by atoms with Crippen molar-refractivity contribution in [3.05, 3.63) is 47.8 Å². The molecule has 2 aliphatic heterocycles. The molecule has 4 heterocycles. The number of nitrogens with two attached hydrogens (primary N) is 1. The molecule has 0 unspecified atom stereocenters. The molecule has 0 radical (unpaired) electrons. The van der Waals surface area contributed by atoms with Crippen molar-refractivity contribution >= 4 is 34.2 Å². The number of nitrogen functional groups attached to an aromatic ring is 1. The number of rotatable bonds is 4. The highest BCUT2D eigenvalue weighted by molar-refractivity contribution is 6.39. The third-order valence-electron chi connectivity index (χ3n) is 8.78. The zero-order valence-corrected chi connectivity index (χ0v) is 23.8. The second-order valence-corrected chi connectivity index (χ2v) is 12.0. The van der Waals surface area contributed by atoms with E-state index in [1.807, 2.05) is 13.0 Å². The third-order valence-corrected chi connectivity index (χ3v) is 8.78. The number of piperidine rings is 2. The van der Waals surface area contributed by atoms with Gasteiger partial charge in [-0.15, -0.1) is 0 Å². The smallest absolute Gasteiger partial charge is 0.313 e. The van der Waals surface area contributed by atoms with Crippen molar-refractivity contribution in [1.29, 1.82) is 0 Å². The first-order valence-corrected chi connectivity index (χ1v) is 14.1. The summed E-state index contributed by atoms with van der Waals surface area (Å²) in [5, 5.41) is 8.72. The Morgan fingerprint density at radius 2 is 1.97 bits per heavy atom. The highest BCUT2D eigenvalue weighted by Crippen LogP contribution is 2.36. The number of carbonyl (C=O) groups excluding carboxylic acids is 2. The number of likely N-dealkylation sites (tertiary alicyclic amines) is 2. The molecule has 3 N–H and O–H groups in total. The number of anilines is 2. The molecule has 0 saturated carbocycles. The topological polar surface area (TPSA) is 109 Å². The molecule has 9 heteroatoms. The average molecular weight is 532 g/mol. The van der Waals surface area contributed by atoms with E-state index >= 15 is 0 Å². The molecule has 208 valence electrons. The summed E-state index contributed by atoms with van der Waals surface area (Å²) in [7, 11) is 2.19. The van der Waals surface area contributed by atoms with E-state index in [4.69, 9.17) is 10.8 Å². The van der Waals surface area contributed by atoms with Gasteiger partial charge in [-0.25, -0.2) is 4.98 Å². The van der Waals surface area contributed by atoms with Gasteiger partial charge in [0.15, 0.2) is 0 Å². The Bertz CT molecular complexity index is 1380. The molecule has 2 aromatic heterocycles. The van der Waals surface area contributed by atoms with E-state index in [9.17, 15) is 9.59 Å². The van der Waals surface area contributed by atoms with Crippen molar-refractivity contribution in [1.82, 2.24) is 24.6 Å². The van der Waals surface area contributed by atoms with Crippen LogP contribution in [0.25, 0.3) is 10.9 Å². The second kappa shape index (κ2) is 10.6. The van der Waals surface area contributed by atoms with Crippen LogP contribution in [-0.2, 0) is 16.0 Å². The van der Waals surface area contributed by atoms with Gasteiger partial charge in [0.25, 0.3) is 0 Å². The summed E-state index contributed by atoms with van der Waals surface area (Å²) in [4.78, 5) is 34.8. The number of carbonyl (C=O) groups is 2. The molecule has 2 aliphatic rings. The van der Waals surface area contributed by atoms with Gasteiger partial charge in [0.2, 0.25) is 0 Å². The van der Waals surface area contributed by atoms with Crippen molar-refractivity contribution < 1.29 is 9.59 Å².